The van der Waals surface area contributed by atoms with E-state index in [-0.39, 0.29) is 12.7 Å². The first kappa shape index (κ1) is 19.7. The molecule has 1 aliphatic rings. The summed E-state index contributed by atoms with van der Waals surface area (Å²) < 4.78 is 21.7. The third-order valence-electron chi connectivity index (χ3n) is 3.36. The third-order valence-corrected chi connectivity index (χ3v) is 4.79. The lowest BCUT2D eigenvalue weighted by molar-refractivity contribution is -0.121. The van der Waals surface area contributed by atoms with E-state index in [1.165, 1.54) is 17.8 Å². The zero-order valence-electron chi connectivity index (χ0n) is 14.2. The molecular formula is C17H21NO5S2. The Hall–Kier alpha value is -1.61. The molecule has 1 fully saturated rings. The molecule has 6 nitrogen and oxygen atoms in total. The summed E-state index contributed by atoms with van der Waals surface area (Å²) in [6, 6.07) is 5.41. The molecule has 0 aliphatic carbocycles. The zero-order valence-corrected chi connectivity index (χ0v) is 15.9. The van der Waals surface area contributed by atoms with Crippen molar-refractivity contribution in [1.82, 2.24) is 4.90 Å². The molecule has 8 heteroatoms. The fraction of sp³-hybridized carbons (Fsp3) is 0.412. The Labute approximate surface area is 157 Å². The highest BCUT2D eigenvalue weighted by Crippen LogP contribution is 2.28. The van der Waals surface area contributed by atoms with E-state index < -0.39 is 0 Å². The van der Waals surface area contributed by atoms with E-state index in [0.717, 1.165) is 11.3 Å². The van der Waals surface area contributed by atoms with Crippen LogP contribution in [0.2, 0.25) is 0 Å². The minimum atomic E-state index is -0.110. The highest BCUT2D eigenvalue weighted by molar-refractivity contribution is 8.23. The van der Waals surface area contributed by atoms with E-state index in [4.69, 9.17) is 31.2 Å². The van der Waals surface area contributed by atoms with E-state index in [1.807, 2.05) is 6.07 Å². The topological polar surface area (TPSA) is 57.2 Å². The fourth-order valence-electron chi connectivity index (χ4n) is 2.06. The van der Waals surface area contributed by atoms with Gasteiger partial charge in [0.05, 0.1) is 20.3 Å². The van der Waals surface area contributed by atoms with Crippen LogP contribution >= 0.6 is 24.0 Å². The van der Waals surface area contributed by atoms with Gasteiger partial charge in [-0.2, -0.15) is 0 Å². The van der Waals surface area contributed by atoms with Gasteiger partial charge < -0.3 is 18.9 Å². The van der Waals surface area contributed by atoms with Gasteiger partial charge in [0.2, 0.25) is 0 Å². The molecule has 0 saturated carbocycles. The van der Waals surface area contributed by atoms with E-state index in [2.05, 4.69) is 0 Å². The first-order valence-electron chi connectivity index (χ1n) is 7.69. The van der Waals surface area contributed by atoms with Crippen LogP contribution in [0.1, 0.15) is 5.56 Å². The second-order valence-electron chi connectivity index (χ2n) is 5.01. The largest absolute Gasteiger partial charge is 0.493 e. The maximum atomic E-state index is 12.1. The molecule has 25 heavy (non-hydrogen) atoms. The molecule has 1 amide bonds. The summed E-state index contributed by atoms with van der Waals surface area (Å²) in [5.41, 5.74) is 0.829. The van der Waals surface area contributed by atoms with Gasteiger partial charge in [-0.25, -0.2) is 0 Å². The molecular weight excluding hydrogens is 362 g/mol. The number of hydrogen-bond acceptors (Lipinski definition) is 7. The van der Waals surface area contributed by atoms with Crippen molar-refractivity contribution in [2.45, 2.75) is 0 Å². The molecule has 1 aliphatic heterocycles. The predicted octanol–water partition coefficient (Wildman–Crippen LogP) is 2.57. The lowest BCUT2D eigenvalue weighted by Crippen LogP contribution is -2.28. The average molecular weight is 383 g/mol. The van der Waals surface area contributed by atoms with Crippen molar-refractivity contribution in [2.24, 2.45) is 0 Å². The predicted molar refractivity (Wildman–Crippen MR) is 102 cm³/mol. The lowest BCUT2D eigenvalue weighted by atomic mass is 10.2. The van der Waals surface area contributed by atoms with Crippen LogP contribution in [0.15, 0.2) is 24.3 Å². The van der Waals surface area contributed by atoms with Crippen LogP contribution in [-0.4, -0.2) is 61.7 Å². The monoisotopic (exact) mass is 383 g/mol. The quantitative estimate of drug-likeness (QED) is 0.281. The Morgan fingerprint density at radius 3 is 2.84 bits per heavy atom. The van der Waals surface area contributed by atoms with Crippen molar-refractivity contribution in [3.63, 3.8) is 0 Å². The summed E-state index contributed by atoms with van der Waals surface area (Å²) in [7, 11) is 3.17. The van der Waals surface area contributed by atoms with Gasteiger partial charge in [-0.05, 0) is 23.8 Å². The first-order valence-corrected chi connectivity index (χ1v) is 9.09. The summed E-state index contributed by atoms with van der Waals surface area (Å²) in [6.45, 7) is 1.74. The van der Waals surface area contributed by atoms with E-state index in [1.54, 1.807) is 37.3 Å². The van der Waals surface area contributed by atoms with Gasteiger partial charge in [0.25, 0.3) is 5.91 Å². The SMILES string of the molecule is COCCOCOc1ccc(/C=C/C(=O)N2CCSC2=S)cc1OC. The highest BCUT2D eigenvalue weighted by atomic mass is 32.2. The number of methoxy groups -OCH3 is 2. The Morgan fingerprint density at radius 2 is 2.16 bits per heavy atom. The van der Waals surface area contributed by atoms with Crippen molar-refractivity contribution < 1.29 is 23.7 Å². The summed E-state index contributed by atoms with van der Waals surface area (Å²) in [5.74, 6) is 1.88. The summed E-state index contributed by atoms with van der Waals surface area (Å²) >= 11 is 6.67. The molecule has 1 aromatic rings. The molecule has 0 bridgehead atoms. The van der Waals surface area contributed by atoms with E-state index in [9.17, 15) is 4.79 Å². The number of thioether (sulfide) groups is 1. The molecule has 1 saturated heterocycles. The minimum Gasteiger partial charge on any atom is -0.493 e. The maximum absolute atomic E-state index is 12.1. The molecule has 1 aromatic carbocycles. The number of carbonyl (C=O) groups excluding carboxylic acids is 1. The lowest BCUT2D eigenvalue weighted by Gasteiger charge is -2.12. The number of carbonyl (C=O) groups is 1. The highest BCUT2D eigenvalue weighted by Gasteiger charge is 2.21. The van der Waals surface area contributed by atoms with Crippen LogP contribution < -0.4 is 9.47 Å². The molecule has 0 aromatic heterocycles. The first-order chi connectivity index (χ1) is 12.2. The number of rotatable bonds is 9. The van der Waals surface area contributed by atoms with Crippen LogP contribution in [0.25, 0.3) is 6.08 Å². The molecule has 0 spiro atoms. The smallest absolute Gasteiger partial charge is 0.252 e. The molecule has 0 radical (unpaired) electrons. The van der Waals surface area contributed by atoms with Crippen molar-refractivity contribution in [1.29, 1.82) is 0 Å². The van der Waals surface area contributed by atoms with Gasteiger partial charge in [-0.1, -0.05) is 30.0 Å². The number of benzene rings is 1. The van der Waals surface area contributed by atoms with Crippen LogP contribution in [0.5, 0.6) is 11.5 Å². The number of nitrogens with zero attached hydrogens (tertiary/aromatic N) is 1. The summed E-state index contributed by atoms with van der Waals surface area (Å²) in [6.07, 6.45) is 3.25. The van der Waals surface area contributed by atoms with Gasteiger partial charge in [0.15, 0.2) is 18.3 Å². The van der Waals surface area contributed by atoms with E-state index >= 15 is 0 Å². The van der Waals surface area contributed by atoms with Crippen molar-refractivity contribution in [3.8, 4) is 11.5 Å². The van der Waals surface area contributed by atoms with Crippen LogP contribution in [0.4, 0.5) is 0 Å². The van der Waals surface area contributed by atoms with Crippen LogP contribution in [0, 0.1) is 0 Å². The normalized spacial score (nSPS) is 14.3. The van der Waals surface area contributed by atoms with Gasteiger partial charge >= 0.3 is 0 Å². The average Bonchev–Trinajstić information content (AvgIpc) is 3.06. The molecule has 0 N–H and O–H groups in total. The number of ether oxygens (including phenoxy) is 4. The van der Waals surface area contributed by atoms with Crippen molar-refractivity contribution in [2.75, 3.05) is 46.5 Å². The minimum absolute atomic E-state index is 0.109. The Bertz CT molecular complexity index is 635. The van der Waals surface area contributed by atoms with Gasteiger partial charge in [-0.15, -0.1) is 0 Å². The molecule has 0 atom stereocenters. The summed E-state index contributed by atoms with van der Waals surface area (Å²) in [4.78, 5) is 13.7. The Kier molecular flexibility index (Phi) is 8.20. The number of amides is 1. The number of thiocarbonyl (C=S) groups is 1. The fourth-order valence-corrected chi connectivity index (χ4v) is 3.28. The van der Waals surface area contributed by atoms with Crippen molar-refractivity contribution >= 4 is 40.3 Å². The second kappa shape index (κ2) is 10.4. The van der Waals surface area contributed by atoms with Gasteiger partial charge in [-0.3, -0.25) is 9.69 Å². The second-order valence-corrected chi connectivity index (χ2v) is 6.74. The molecule has 136 valence electrons. The standard InChI is InChI=1S/C17H21NO5S2/c1-20-8-9-22-12-23-14-5-3-13(11-15(14)21-2)4-6-16(19)18-7-10-25-17(18)24/h3-6,11H,7-10,12H2,1-2H3/b6-4+. The zero-order chi connectivity index (χ0) is 18.1. The molecule has 1 heterocycles. The maximum Gasteiger partial charge on any atom is 0.252 e. The summed E-state index contributed by atoms with van der Waals surface area (Å²) in [5, 5.41) is 0. The Morgan fingerprint density at radius 1 is 1.32 bits per heavy atom. The van der Waals surface area contributed by atoms with Crippen LogP contribution in [0.3, 0.4) is 0 Å². The Balaban J connectivity index is 1.94. The van der Waals surface area contributed by atoms with Gasteiger partial charge in [0, 0.05) is 25.5 Å². The van der Waals surface area contributed by atoms with Crippen molar-refractivity contribution in [3.05, 3.63) is 29.8 Å². The van der Waals surface area contributed by atoms with Crippen LogP contribution in [-0.2, 0) is 14.3 Å². The molecule has 2 rings (SSSR count). The van der Waals surface area contributed by atoms with E-state index in [0.29, 0.717) is 35.6 Å². The number of hydrogen-bond donors (Lipinski definition) is 0. The third kappa shape index (κ3) is 6.00. The molecule has 0 unspecified atom stereocenters. The van der Waals surface area contributed by atoms with Gasteiger partial charge in [0.1, 0.15) is 4.32 Å².